The summed E-state index contributed by atoms with van der Waals surface area (Å²) >= 11 is 0. The number of rotatable bonds is 2. The van der Waals surface area contributed by atoms with Crippen LogP contribution in [0.2, 0.25) is 0 Å². The molecule has 0 amide bonds. The molecule has 1 aliphatic heterocycles. The van der Waals surface area contributed by atoms with Crippen LogP contribution in [0.5, 0.6) is 0 Å². The van der Waals surface area contributed by atoms with E-state index in [1.807, 2.05) is 13.1 Å². The van der Waals surface area contributed by atoms with Crippen LogP contribution < -0.4 is 5.32 Å². The second-order valence-electron chi connectivity index (χ2n) is 6.01. The zero-order chi connectivity index (χ0) is 17.6. The van der Waals surface area contributed by atoms with Crippen molar-refractivity contribution < 1.29 is 13.2 Å². The maximum atomic E-state index is 13.0. The molecule has 0 aliphatic carbocycles. The minimum Gasteiger partial charge on any atom is -0.390 e. The predicted molar refractivity (Wildman–Crippen MR) is 89.7 cm³/mol. The predicted octanol–water partition coefficient (Wildman–Crippen LogP) is 4.29. The van der Waals surface area contributed by atoms with Gasteiger partial charge in [0.2, 0.25) is 0 Å². The lowest BCUT2D eigenvalue weighted by Crippen LogP contribution is -2.04. The molecule has 3 heterocycles. The number of aromatic amines is 1. The van der Waals surface area contributed by atoms with Crippen LogP contribution in [0.4, 0.5) is 13.2 Å². The first-order valence-electron chi connectivity index (χ1n) is 7.89. The van der Waals surface area contributed by atoms with Crippen LogP contribution in [0.3, 0.4) is 0 Å². The Labute approximate surface area is 141 Å². The van der Waals surface area contributed by atoms with E-state index in [2.05, 4.69) is 20.3 Å². The molecular formula is C18H15F3N4. The molecule has 2 N–H and O–H groups in total. The fourth-order valence-corrected chi connectivity index (χ4v) is 3.04. The first-order chi connectivity index (χ1) is 11.9. The Morgan fingerprint density at radius 2 is 1.96 bits per heavy atom. The SMILES string of the molecule is Cc1nc(C2=CNCC2)c2[nH]c(-c3cccc(C(F)(F)F)c3)cc2n1. The maximum Gasteiger partial charge on any atom is 0.416 e. The molecule has 3 aromatic rings. The average Bonchev–Trinajstić information content (AvgIpc) is 3.23. The second kappa shape index (κ2) is 5.61. The Bertz CT molecular complexity index is 986. The van der Waals surface area contributed by atoms with Crippen molar-refractivity contribution in [3.63, 3.8) is 0 Å². The van der Waals surface area contributed by atoms with Gasteiger partial charge in [-0.1, -0.05) is 12.1 Å². The van der Waals surface area contributed by atoms with E-state index in [1.165, 1.54) is 6.07 Å². The van der Waals surface area contributed by atoms with Gasteiger partial charge in [0, 0.05) is 18.4 Å². The molecule has 0 radical (unpaired) electrons. The monoisotopic (exact) mass is 344 g/mol. The van der Waals surface area contributed by atoms with E-state index in [-0.39, 0.29) is 0 Å². The summed E-state index contributed by atoms with van der Waals surface area (Å²) in [5, 5.41) is 3.16. The summed E-state index contributed by atoms with van der Waals surface area (Å²) in [5.74, 6) is 0.630. The van der Waals surface area contributed by atoms with E-state index >= 15 is 0 Å². The molecule has 0 atom stereocenters. The zero-order valence-electron chi connectivity index (χ0n) is 13.4. The molecule has 0 fully saturated rings. The minimum absolute atomic E-state index is 0.468. The molecule has 1 aromatic carbocycles. The highest BCUT2D eigenvalue weighted by Crippen LogP contribution is 2.34. The highest BCUT2D eigenvalue weighted by molar-refractivity contribution is 5.91. The van der Waals surface area contributed by atoms with E-state index in [4.69, 9.17) is 0 Å². The van der Waals surface area contributed by atoms with Crippen molar-refractivity contribution in [1.82, 2.24) is 20.3 Å². The molecule has 25 heavy (non-hydrogen) atoms. The van der Waals surface area contributed by atoms with Crippen LogP contribution in [0.25, 0.3) is 27.9 Å². The Morgan fingerprint density at radius 1 is 1.12 bits per heavy atom. The first-order valence-corrected chi connectivity index (χ1v) is 7.89. The van der Waals surface area contributed by atoms with Gasteiger partial charge in [0.1, 0.15) is 5.82 Å². The van der Waals surface area contributed by atoms with Crippen LogP contribution >= 0.6 is 0 Å². The third kappa shape index (κ3) is 2.86. The molecule has 1 aliphatic rings. The number of nitrogens with zero attached hydrogens (tertiary/aromatic N) is 2. The van der Waals surface area contributed by atoms with Crippen LogP contribution in [0.1, 0.15) is 23.5 Å². The van der Waals surface area contributed by atoms with Gasteiger partial charge >= 0.3 is 6.18 Å². The van der Waals surface area contributed by atoms with Crippen LogP contribution in [0, 0.1) is 6.92 Å². The average molecular weight is 344 g/mol. The van der Waals surface area contributed by atoms with Crippen molar-refractivity contribution in [3.8, 4) is 11.3 Å². The van der Waals surface area contributed by atoms with Crippen molar-refractivity contribution >= 4 is 16.6 Å². The third-order valence-electron chi connectivity index (χ3n) is 4.21. The quantitative estimate of drug-likeness (QED) is 0.729. The Balaban J connectivity index is 1.86. The highest BCUT2D eigenvalue weighted by atomic mass is 19.4. The highest BCUT2D eigenvalue weighted by Gasteiger charge is 2.30. The van der Waals surface area contributed by atoms with Gasteiger partial charge in [-0.2, -0.15) is 13.2 Å². The standard InChI is InChI=1S/C18H15F3N4/c1-10-23-15-8-14(11-3-2-4-13(7-11)18(19,20)21)25-17(15)16(24-10)12-5-6-22-9-12/h2-4,7-9,22,25H,5-6H2,1H3. The topological polar surface area (TPSA) is 53.6 Å². The lowest BCUT2D eigenvalue weighted by atomic mass is 10.1. The van der Waals surface area contributed by atoms with E-state index in [9.17, 15) is 13.2 Å². The first kappa shape index (κ1) is 15.7. The smallest absolute Gasteiger partial charge is 0.390 e. The largest absolute Gasteiger partial charge is 0.416 e. The number of H-pyrrole nitrogens is 1. The molecule has 0 saturated heterocycles. The number of aromatic nitrogens is 3. The van der Waals surface area contributed by atoms with Crippen LogP contribution in [-0.2, 0) is 6.18 Å². The second-order valence-corrected chi connectivity index (χ2v) is 6.01. The van der Waals surface area contributed by atoms with Crippen LogP contribution in [-0.4, -0.2) is 21.5 Å². The molecule has 128 valence electrons. The number of fused-ring (bicyclic) bond motifs is 1. The molecular weight excluding hydrogens is 329 g/mol. The maximum absolute atomic E-state index is 13.0. The van der Waals surface area contributed by atoms with Crippen molar-refractivity contribution in [1.29, 1.82) is 0 Å². The van der Waals surface area contributed by atoms with Crippen molar-refractivity contribution in [3.05, 3.63) is 53.6 Å². The van der Waals surface area contributed by atoms with Gasteiger partial charge in [-0.3, -0.25) is 0 Å². The Kier molecular flexibility index (Phi) is 3.52. The number of hydrogen-bond donors (Lipinski definition) is 2. The van der Waals surface area contributed by atoms with Crippen molar-refractivity contribution in [2.45, 2.75) is 19.5 Å². The molecule has 0 spiro atoms. The van der Waals surface area contributed by atoms with E-state index < -0.39 is 11.7 Å². The molecule has 4 rings (SSSR count). The van der Waals surface area contributed by atoms with Gasteiger partial charge in [0.25, 0.3) is 0 Å². The minimum atomic E-state index is -4.37. The van der Waals surface area contributed by atoms with Crippen LogP contribution in [0.15, 0.2) is 36.5 Å². The van der Waals surface area contributed by atoms with E-state index in [0.29, 0.717) is 22.6 Å². The summed E-state index contributed by atoms with van der Waals surface area (Å²) in [6.45, 7) is 2.66. The fraction of sp³-hybridized carbons (Fsp3) is 0.222. The van der Waals surface area contributed by atoms with E-state index in [1.54, 1.807) is 12.1 Å². The lowest BCUT2D eigenvalue weighted by Gasteiger charge is -2.07. The van der Waals surface area contributed by atoms with Crippen molar-refractivity contribution in [2.24, 2.45) is 0 Å². The summed E-state index contributed by atoms with van der Waals surface area (Å²) in [5.41, 5.74) is 3.69. The molecule has 2 aromatic heterocycles. The van der Waals surface area contributed by atoms with E-state index in [0.717, 1.165) is 41.9 Å². The van der Waals surface area contributed by atoms with Gasteiger partial charge in [0.15, 0.2) is 0 Å². The Hall–Kier alpha value is -2.83. The summed E-state index contributed by atoms with van der Waals surface area (Å²) in [6, 6.07) is 7.03. The fourth-order valence-electron chi connectivity index (χ4n) is 3.04. The normalized spacial score (nSPS) is 14.6. The molecule has 7 heteroatoms. The third-order valence-corrected chi connectivity index (χ3v) is 4.21. The van der Waals surface area contributed by atoms with Gasteiger partial charge in [-0.05, 0) is 42.7 Å². The number of nitrogens with one attached hydrogen (secondary N) is 2. The summed E-state index contributed by atoms with van der Waals surface area (Å²) in [7, 11) is 0. The van der Waals surface area contributed by atoms with Gasteiger partial charge < -0.3 is 10.3 Å². The zero-order valence-corrected chi connectivity index (χ0v) is 13.4. The molecule has 0 unspecified atom stereocenters. The molecule has 0 bridgehead atoms. The number of halogens is 3. The molecule has 0 saturated carbocycles. The number of alkyl halides is 3. The molecule has 4 nitrogen and oxygen atoms in total. The number of aryl methyl sites for hydroxylation is 1. The van der Waals surface area contributed by atoms with Crippen molar-refractivity contribution in [2.75, 3.05) is 6.54 Å². The van der Waals surface area contributed by atoms with Gasteiger partial charge in [-0.25, -0.2) is 9.97 Å². The lowest BCUT2D eigenvalue weighted by molar-refractivity contribution is -0.137. The number of hydrogen-bond acceptors (Lipinski definition) is 3. The van der Waals surface area contributed by atoms with Gasteiger partial charge in [-0.15, -0.1) is 0 Å². The summed E-state index contributed by atoms with van der Waals surface area (Å²) in [6.07, 6.45) is -1.60. The van der Waals surface area contributed by atoms with Gasteiger partial charge in [0.05, 0.1) is 22.3 Å². The summed E-state index contributed by atoms with van der Waals surface area (Å²) < 4.78 is 38.9. The number of benzene rings is 1. The summed E-state index contributed by atoms with van der Waals surface area (Å²) in [4.78, 5) is 12.1. The Morgan fingerprint density at radius 3 is 2.68 bits per heavy atom.